The van der Waals surface area contributed by atoms with Crippen LogP contribution in [-0.2, 0) is 14.3 Å². The summed E-state index contributed by atoms with van der Waals surface area (Å²) < 4.78 is 15.9. The molecule has 1 N–H and O–H groups in total. The number of fused-ring (bicyclic) bond motifs is 1. The number of amides is 2. The van der Waals surface area contributed by atoms with E-state index >= 15 is 0 Å². The van der Waals surface area contributed by atoms with Crippen LogP contribution in [0, 0.1) is 5.92 Å². The van der Waals surface area contributed by atoms with Crippen LogP contribution in [0.2, 0.25) is 0 Å². The second-order valence-corrected chi connectivity index (χ2v) is 9.08. The molecular weight excluding hydrogens is 444 g/mol. The fourth-order valence-corrected chi connectivity index (χ4v) is 4.63. The summed E-state index contributed by atoms with van der Waals surface area (Å²) in [7, 11) is 0. The molecule has 2 aromatic rings. The lowest BCUT2D eigenvalue weighted by Gasteiger charge is -2.30. The number of likely N-dealkylation sites (tertiary alicyclic amines) is 1. The zero-order valence-corrected chi connectivity index (χ0v) is 19.2. The number of anilines is 1. The molecule has 1 saturated heterocycles. The third kappa shape index (κ3) is 5.98. The maximum absolute atomic E-state index is 12.6. The minimum absolute atomic E-state index is 0.101. The minimum Gasteiger partial charge on any atom is -0.454 e. The Morgan fingerprint density at radius 3 is 2.82 bits per heavy atom. The van der Waals surface area contributed by atoms with Crippen molar-refractivity contribution in [2.24, 2.45) is 5.92 Å². The molecule has 0 radical (unpaired) electrons. The quantitative estimate of drug-likeness (QED) is 0.488. The van der Waals surface area contributed by atoms with Gasteiger partial charge in [0.25, 0.3) is 5.91 Å². The maximum Gasteiger partial charge on any atom is 0.339 e. The van der Waals surface area contributed by atoms with Gasteiger partial charge in [-0.15, -0.1) is 11.8 Å². The summed E-state index contributed by atoms with van der Waals surface area (Å²) in [5.74, 6) is 0.806. The van der Waals surface area contributed by atoms with Crippen molar-refractivity contribution in [3.8, 4) is 11.5 Å². The molecule has 0 aliphatic carbocycles. The van der Waals surface area contributed by atoms with Crippen molar-refractivity contribution < 1.29 is 28.6 Å². The Morgan fingerprint density at radius 1 is 1.15 bits per heavy atom. The molecule has 1 fully saturated rings. The average Bonchev–Trinajstić information content (AvgIpc) is 3.29. The molecule has 2 aromatic carbocycles. The van der Waals surface area contributed by atoms with Crippen LogP contribution >= 0.6 is 11.8 Å². The predicted octanol–water partition coefficient (Wildman–Crippen LogP) is 3.56. The first-order valence-corrected chi connectivity index (χ1v) is 11.8. The van der Waals surface area contributed by atoms with Gasteiger partial charge in [-0.1, -0.05) is 19.1 Å². The lowest BCUT2D eigenvalue weighted by Crippen LogP contribution is -2.41. The first kappa shape index (κ1) is 23.0. The molecule has 1 atom stereocenters. The van der Waals surface area contributed by atoms with Crippen LogP contribution in [0.1, 0.15) is 30.1 Å². The van der Waals surface area contributed by atoms with Crippen molar-refractivity contribution in [3.63, 3.8) is 0 Å². The van der Waals surface area contributed by atoms with Gasteiger partial charge < -0.3 is 24.4 Å². The molecular formula is C24H26N2O6S. The van der Waals surface area contributed by atoms with Crippen LogP contribution in [0.5, 0.6) is 11.5 Å². The van der Waals surface area contributed by atoms with Crippen LogP contribution < -0.4 is 14.8 Å². The Labute approximate surface area is 196 Å². The lowest BCUT2D eigenvalue weighted by atomic mass is 10.0. The molecule has 2 aliphatic heterocycles. The fourth-order valence-electron chi connectivity index (χ4n) is 3.79. The highest BCUT2D eigenvalue weighted by molar-refractivity contribution is 8.00. The number of esters is 1. The largest absolute Gasteiger partial charge is 0.454 e. The van der Waals surface area contributed by atoms with Gasteiger partial charge in [-0.05, 0) is 43.0 Å². The maximum atomic E-state index is 12.6. The summed E-state index contributed by atoms with van der Waals surface area (Å²) in [6.45, 7) is 3.39. The van der Waals surface area contributed by atoms with Crippen molar-refractivity contribution in [1.29, 1.82) is 0 Å². The van der Waals surface area contributed by atoms with Gasteiger partial charge in [0.15, 0.2) is 18.1 Å². The minimum atomic E-state index is -0.576. The second-order valence-electron chi connectivity index (χ2n) is 8.06. The first-order chi connectivity index (χ1) is 16.0. The third-order valence-electron chi connectivity index (χ3n) is 5.46. The van der Waals surface area contributed by atoms with Crippen molar-refractivity contribution in [1.82, 2.24) is 4.90 Å². The molecule has 0 spiro atoms. The van der Waals surface area contributed by atoms with Crippen molar-refractivity contribution in [3.05, 3.63) is 48.0 Å². The monoisotopic (exact) mass is 470 g/mol. The number of benzene rings is 2. The summed E-state index contributed by atoms with van der Waals surface area (Å²) in [5, 5.41) is 2.81. The van der Waals surface area contributed by atoms with Crippen molar-refractivity contribution >= 4 is 35.2 Å². The normalized spacial score (nSPS) is 16.9. The van der Waals surface area contributed by atoms with E-state index in [1.165, 1.54) is 11.8 Å². The number of ether oxygens (including phenoxy) is 3. The van der Waals surface area contributed by atoms with E-state index in [1.807, 2.05) is 0 Å². The van der Waals surface area contributed by atoms with E-state index in [0.29, 0.717) is 46.7 Å². The third-order valence-corrected chi connectivity index (χ3v) is 6.53. The van der Waals surface area contributed by atoms with E-state index < -0.39 is 5.97 Å². The van der Waals surface area contributed by atoms with Gasteiger partial charge in [-0.2, -0.15) is 0 Å². The SMILES string of the molecule is CC1CCCN(C(=O)COC(=O)c2ccccc2SCC(=O)Nc2ccc3c(c2)OCO3)C1. The zero-order valence-electron chi connectivity index (χ0n) is 18.4. The summed E-state index contributed by atoms with van der Waals surface area (Å²) in [6.07, 6.45) is 2.07. The van der Waals surface area contributed by atoms with Crippen LogP contribution in [0.4, 0.5) is 5.69 Å². The molecule has 4 rings (SSSR count). The second kappa shape index (κ2) is 10.6. The topological polar surface area (TPSA) is 94.2 Å². The Morgan fingerprint density at radius 2 is 1.97 bits per heavy atom. The highest BCUT2D eigenvalue weighted by Gasteiger charge is 2.23. The molecule has 174 valence electrons. The number of rotatable bonds is 7. The highest BCUT2D eigenvalue weighted by atomic mass is 32.2. The van der Waals surface area contributed by atoms with E-state index in [-0.39, 0.29) is 31.0 Å². The number of thioether (sulfide) groups is 1. The highest BCUT2D eigenvalue weighted by Crippen LogP contribution is 2.34. The number of hydrogen-bond acceptors (Lipinski definition) is 7. The lowest BCUT2D eigenvalue weighted by molar-refractivity contribution is -0.136. The number of piperidine rings is 1. The van der Waals surface area contributed by atoms with Gasteiger partial charge in [0.05, 0.1) is 11.3 Å². The number of nitrogens with zero attached hydrogens (tertiary/aromatic N) is 1. The van der Waals surface area contributed by atoms with Crippen LogP contribution in [0.3, 0.4) is 0 Å². The smallest absolute Gasteiger partial charge is 0.339 e. The Bertz CT molecular complexity index is 1040. The van der Waals surface area contributed by atoms with E-state index in [4.69, 9.17) is 14.2 Å². The van der Waals surface area contributed by atoms with Crippen LogP contribution in [-0.4, -0.2) is 54.9 Å². The van der Waals surface area contributed by atoms with Crippen LogP contribution in [0.25, 0.3) is 0 Å². The zero-order chi connectivity index (χ0) is 23.2. The van der Waals surface area contributed by atoms with Gasteiger partial charge in [0, 0.05) is 29.7 Å². The van der Waals surface area contributed by atoms with Crippen LogP contribution in [0.15, 0.2) is 47.4 Å². The molecule has 0 aromatic heterocycles. The standard InChI is InChI=1S/C24H26N2O6S/c1-16-5-4-10-26(12-16)23(28)13-30-24(29)18-6-2-3-7-21(18)33-14-22(27)25-17-8-9-19-20(11-17)32-15-31-19/h2-3,6-9,11,16H,4-5,10,12-15H2,1H3,(H,25,27). The first-order valence-electron chi connectivity index (χ1n) is 10.9. The van der Waals surface area contributed by atoms with Crippen molar-refractivity contribution in [2.75, 3.05) is 37.6 Å². The number of carbonyl (C=O) groups is 3. The van der Waals surface area contributed by atoms with E-state index in [2.05, 4.69) is 12.2 Å². The van der Waals surface area contributed by atoms with Crippen molar-refractivity contribution in [2.45, 2.75) is 24.7 Å². The van der Waals surface area contributed by atoms with Gasteiger partial charge in [-0.25, -0.2) is 4.79 Å². The molecule has 33 heavy (non-hydrogen) atoms. The molecule has 2 amide bonds. The summed E-state index contributed by atoms with van der Waals surface area (Å²) in [6, 6.07) is 12.1. The number of nitrogens with one attached hydrogen (secondary N) is 1. The van der Waals surface area contributed by atoms with Gasteiger partial charge >= 0.3 is 5.97 Å². The van der Waals surface area contributed by atoms with E-state index in [9.17, 15) is 14.4 Å². The molecule has 0 saturated carbocycles. The molecule has 9 heteroatoms. The molecule has 2 aliphatic rings. The average molecular weight is 471 g/mol. The van der Waals surface area contributed by atoms with E-state index in [1.54, 1.807) is 47.4 Å². The van der Waals surface area contributed by atoms with Gasteiger partial charge in [-0.3, -0.25) is 9.59 Å². The predicted molar refractivity (Wildman–Crippen MR) is 124 cm³/mol. The Balaban J connectivity index is 1.29. The van der Waals surface area contributed by atoms with Gasteiger partial charge in [0.1, 0.15) is 0 Å². The molecule has 1 unspecified atom stereocenters. The summed E-state index contributed by atoms with van der Waals surface area (Å²) in [5.41, 5.74) is 0.932. The number of carbonyl (C=O) groups excluding carboxylic acids is 3. The number of hydrogen-bond donors (Lipinski definition) is 1. The Hall–Kier alpha value is -3.20. The summed E-state index contributed by atoms with van der Waals surface area (Å²) >= 11 is 1.23. The van der Waals surface area contributed by atoms with Gasteiger partial charge in [0.2, 0.25) is 12.7 Å². The van der Waals surface area contributed by atoms with E-state index in [0.717, 1.165) is 12.8 Å². The molecule has 0 bridgehead atoms. The summed E-state index contributed by atoms with van der Waals surface area (Å²) in [4.78, 5) is 39.8. The molecule has 8 nitrogen and oxygen atoms in total. The Kier molecular flexibility index (Phi) is 7.39. The molecule has 2 heterocycles. The fraction of sp³-hybridized carbons (Fsp3) is 0.375.